The first-order valence-corrected chi connectivity index (χ1v) is 9.14. The lowest BCUT2D eigenvalue weighted by Crippen LogP contribution is -2.39. The zero-order valence-corrected chi connectivity index (χ0v) is 14.8. The number of hydrogen-bond acceptors (Lipinski definition) is 2. The van der Waals surface area contributed by atoms with Crippen LogP contribution in [0.15, 0.2) is 24.3 Å². The van der Waals surface area contributed by atoms with Crippen molar-refractivity contribution >= 4 is 11.9 Å². The van der Waals surface area contributed by atoms with Crippen molar-refractivity contribution in [3.8, 4) is 0 Å². The third-order valence-corrected chi connectivity index (χ3v) is 4.71. The smallest absolute Gasteiger partial charge is 0.314 e. The van der Waals surface area contributed by atoms with Crippen molar-refractivity contribution in [2.45, 2.75) is 39.0 Å². The Morgan fingerprint density at radius 2 is 1.52 bits per heavy atom. The molecule has 1 saturated carbocycles. The summed E-state index contributed by atoms with van der Waals surface area (Å²) in [6.07, 6.45) is 5.15. The highest BCUT2D eigenvalue weighted by molar-refractivity contribution is 5.94. The largest absolute Gasteiger partial charge is 0.352 e. The van der Waals surface area contributed by atoms with E-state index in [9.17, 15) is 14.0 Å². The number of carbonyl (C=O) groups excluding carboxylic acids is 2. The van der Waals surface area contributed by atoms with Crippen LogP contribution < -0.4 is 16.0 Å². The van der Waals surface area contributed by atoms with E-state index < -0.39 is 0 Å². The van der Waals surface area contributed by atoms with Crippen molar-refractivity contribution in [2.75, 3.05) is 19.6 Å². The molecule has 1 aromatic carbocycles. The molecule has 1 fully saturated rings. The molecule has 2 rings (SSSR count). The molecule has 5 nitrogen and oxygen atoms in total. The zero-order valence-electron chi connectivity index (χ0n) is 14.8. The summed E-state index contributed by atoms with van der Waals surface area (Å²) in [6.45, 7) is 4.08. The Labute approximate surface area is 148 Å². The minimum Gasteiger partial charge on any atom is -0.352 e. The van der Waals surface area contributed by atoms with Gasteiger partial charge in [0.15, 0.2) is 0 Å². The summed E-state index contributed by atoms with van der Waals surface area (Å²) in [5, 5.41) is 8.67. The summed E-state index contributed by atoms with van der Waals surface area (Å²) in [6, 6.07) is 5.50. The molecule has 0 heterocycles. The van der Waals surface area contributed by atoms with E-state index in [1.54, 1.807) is 0 Å². The van der Waals surface area contributed by atoms with Crippen molar-refractivity contribution in [1.29, 1.82) is 0 Å². The van der Waals surface area contributed by atoms with Gasteiger partial charge in [0, 0.05) is 25.2 Å². The van der Waals surface area contributed by atoms with E-state index in [-0.39, 0.29) is 17.8 Å². The number of rotatable bonds is 7. The molecule has 0 unspecified atom stereocenters. The first-order chi connectivity index (χ1) is 12.1. The average molecular weight is 349 g/mol. The summed E-state index contributed by atoms with van der Waals surface area (Å²) in [5.41, 5.74) is 0.484. The number of urea groups is 1. The highest BCUT2D eigenvalue weighted by Gasteiger charge is 2.22. The molecule has 3 amide bonds. The second-order valence-electron chi connectivity index (χ2n) is 6.74. The van der Waals surface area contributed by atoms with E-state index >= 15 is 0 Å². The Hall–Kier alpha value is -2.11. The van der Waals surface area contributed by atoms with Gasteiger partial charge in [0.1, 0.15) is 5.82 Å². The van der Waals surface area contributed by atoms with Crippen LogP contribution in [0.1, 0.15) is 49.4 Å². The quantitative estimate of drug-likeness (QED) is 0.708. The Balaban J connectivity index is 1.62. The van der Waals surface area contributed by atoms with Crippen molar-refractivity contribution in [3.05, 3.63) is 35.6 Å². The summed E-state index contributed by atoms with van der Waals surface area (Å²) >= 11 is 0. The minimum atomic E-state index is -0.341. The highest BCUT2D eigenvalue weighted by Crippen LogP contribution is 2.27. The number of benzene rings is 1. The maximum atomic E-state index is 12.9. The predicted octanol–water partition coefficient (Wildman–Crippen LogP) is 3.07. The van der Waals surface area contributed by atoms with Crippen molar-refractivity contribution in [1.82, 2.24) is 16.0 Å². The lowest BCUT2D eigenvalue weighted by Gasteiger charge is -2.28. The number of halogens is 1. The number of nitrogens with one attached hydrogen (secondary N) is 3. The minimum absolute atomic E-state index is 0.0875. The molecule has 0 aliphatic heterocycles. The van der Waals surface area contributed by atoms with E-state index in [1.165, 1.54) is 24.3 Å². The van der Waals surface area contributed by atoms with Crippen LogP contribution in [0.25, 0.3) is 0 Å². The second kappa shape index (κ2) is 10.0. The van der Waals surface area contributed by atoms with Crippen LogP contribution >= 0.6 is 0 Å². The van der Waals surface area contributed by atoms with E-state index in [4.69, 9.17) is 0 Å². The van der Waals surface area contributed by atoms with Gasteiger partial charge in [-0.2, -0.15) is 0 Å². The van der Waals surface area contributed by atoms with Gasteiger partial charge in [0.25, 0.3) is 5.91 Å². The van der Waals surface area contributed by atoms with Crippen LogP contribution in [0.4, 0.5) is 9.18 Å². The van der Waals surface area contributed by atoms with Crippen LogP contribution in [-0.4, -0.2) is 31.6 Å². The van der Waals surface area contributed by atoms with E-state index in [1.807, 2.05) is 6.92 Å². The Morgan fingerprint density at radius 1 is 0.960 bits per heavy atom. The molecule has 25 heavy (non-hydrogen) atoms. The fourth-order valence-corrected chi connectivity index (χ4v) is 3.12. The van der Waals surface area contributed by atoms with Gasteiger partial charge in [-0.3, -0.25) is 4.79 Å². The molecule has 0 aromatic heterocycles. The Bertz CT molecular complexity index is 554. The lowest BCUT2D eigenvalue weighted by atomic mass is 9.82. The third kappa shape index (κ3) is 6.72. The first-order valence-electron chi connectivity index (χ1n) is 9.14. The fourth-order valence-electron chi connectivity index (χ4n) is 3.12. The SMILES string of the molecule is CCCNC(=O)NCC1CCC(CNC(=O)c2ccc(F)cc2)CC1. The van der Waals surface area contributed by atoms with Crippen LogP contribution in [0.5, 0.6) is 0 Å². The maximum Gasteiger partial charge on any atom is 0.314 e. The summed E-state index contributed by atoms with van der Waals surface area (Å²) in [5.74, 6) is 0.481. The summed E-state index contributed by atoms with van der Waals surface area (Å²) < 4.78 is 12.9. The molecular weight excluding hydrogens is 321 g/mol. The number of hydrogen-bond donors (Lipinski definition) is 3. The standard InChI is InChI=1S/C19H28FN3O2/c1-2-11-21-19(25)23-13-15-5-3-14(4-6-15)12-22-18(24)16-7-9-17(20)10-8-16/h7-10,14-15H,2-6,11-13H2,1H3,(H,22,24)(H2,21,23,25). The van der Waals surface area contributed by atoms with E-state index in [0.717, 1.165) is 32.1 Å². The van der Waals surface area contributed by atoms with Gasteiger partial charge in [-0.1, -0.05) is 6.92 Å². The monoisotopic (exact) mass is 349 g/mol. The van der Waals surface area contributed by atoms with Gasteiger partial charge in [0.2, 0.25) is 0 Å². The topological polar surface area (TPSA) is 70.2 Å². The highest BCUT2D eigenvalue weighted by atomic mass is 19.1. The Kier molecular flexibility index (Phi) is 7.70. The van der Waals surface area contributed by atoms with Crippen LogP contribution in [-0.2, 0) is 0 Å². The molecule has 1 aromatic rings. The molecule has 0 radical (unpaired) electrons. The van der Waals surface area contributed by atoms with Crippen LogP contribution in [0.3, 0.4) is 0 Å². The van der Waals surface area contributed by atoms with Crippen molar-refractivity contribution in [3.63, 3.8) is 0 Å². The predicted molar refractivity (Wildman–Crippen MR) is 95.9 cm³/mol. The van der Waals surface area contributed by atoms with Crippen LogP contribution in [0, 0.1) is 17.7 Å². The van der Waals surface area contributed by atoms with Crippen LogP contribution in [0.2, 0.25) is 0 Å². The normalized spacial score (nSPS) is 19.9. The van der Waals surface area contributed by atoms with E-state index in [2.05, 4.69) is 16.0 Å². The third-order valence-electron chi connectivity index (χ3n) is 4.71. The fraction of sp³-hybridized carbons (Fsp3) is 0.579. The van der Waals surface area contributed by atoms with Gasteiger partial charge in [-0.15, -0.1) is 0 Å². The Morgan fingerprint density at radius 3 is 2.08 bits per heavy atom. The van der Waals surface area contributed by atoms with E-state index in [0.29, 0.717) is 37.0 Å². The molecule has 0 bridgehead atoms. The molecule has 0 saturated heterocycles. The van der Waals surface area contributed by atoms with Gasteiger partial charge in [0.05, 0.1) is 0 Å². The van der Waals surface area contributed by atoms with Gasteiger partial charge in [-0.05, 0) is 68.2 Å². The summed E-state index contributed by atoms with van der Waals surface area (Å²) in [7, 11) is 0. The molecule has 1 aliphatic rings. The molecule has 0 spiro atoms. The van der Waals surface area contributed by atoms with Gasteiger partial charge in [-0.25, -0.2) is 9.18 Å². The van der Waals surface area contributed by atoms with Gasteiger partial charge >= 0.3 is 6.03 Å². The average Bonchev–Trinajstić information content (AvgIpc) is 2.64. The number of amides is 3. The molecule has 1 aliphatic carbocycles. The van der Waals surface area contributed by atoms with Crippen molar-refractivity contribution in [2.24, 2.45) is 11.8 Å². The number of carbonyl (C=O) groups is 2. The molecular formula is C19H28FN3O2. The van der Waals surface area contributed by atoms with Crippen molar-refractivity contribution < 1.29 is 14.0 Å². The molecule has 138 valence electrons. The zero-order chi connectivity index (χ0) is 18.1. The molecule has 0 atom stereocenters. The summed E-state index contributed by atoms with van der Waals surface area (Å²) in [4.78, 5) is 23.6. The van der Waals surface area contributed by atoms with Gasteiger partial charge < -0.3 is 16.0 Å². The lowest BCUT2D eigenvalue weighted by molar-refractivity contribution is 0.0941. The second-order valence-corrected chi connectivity index (χ2v) is 6.74. The first kappa shape index (κ1) is 19.2. The maximum absolute atomic E-state index is 12.9. The molecule has 6 heteroatoms. The molecule has 3 N–H and O–H groups in total.